The van der Waals surface area contributed by atoms with Crippen molar-refractivity contribution in [1.82, 2.24) is 0 Å². The highest BCUT2D eigenvalue weighted by Crippen LogP contribution is 2.41. The van der Waals surface area contributed by atoms with E-state index in [2.05, 4.69) is 0 Å². The minimum Gasteiger partial charge on any atom is -0.238 e. The molecule has 0 saturated heterocycles. The first-order chi connectivity index (χ1) is 7.83. The second kappa shape index (κ2) is 5.31. The zero-order valence-corrected chi connectivity index (χ0v) is 7.89. The molecule has 0 fully saturated rings. The monoisotopic (exact) mass is 296 g/mol. The summed E-state index contributed by atoms with van der Waals surface area (Å²) >= 11 is 0. The summed E-state index contributed by atoms with van der Waals surface area (Å²) < 4.78 is 131. The highest BCUT2D eigenvalue weighted by molar-refractivity contribution is 5.16. The van der Waals surface area contributed by atoms with Crippen LogP contribution < -0.4 is 0 Å². The molecule has 0 amide bonds. The quantitative estimate of drug-likeness (QED) is 0.679. The van der Waals surface area contributed by atoms with Crippen LogP contribution in [0.1, 0.15) is 0 Å². The predicted octanol–water partition coefficient (Wildman–Crippen LogP) is 4.28. The molecular weight excluding hydrogens is 293 g/mol. The third-order valence-electron chi connectivity index (χ3n) is 1.60. The summed E-state index contributed by atoms with van der Waals surface area (Å²) in [6, 6.07) is 0. The van der Waals surface area contributed by atoms with Gasteiger partial charge in [-0.1, -0.05) is 0 Å². The minimum atomic E-state index is -6.22. The van der Waals surface area contributed by atoms with E-state index in [0.717, 1.165) is 0 Å². The molecule has 0 aliphatic carbocycles. The van der Waals surface area contributed by atoms with Crippen LogP contribution in [-0.4, -0.2) is 30.9 Å². The van der Waals surface area contributed by atoms with Gasteiger partial charge in [0.25, 0.3) is 6.43 Å². The predicted molar refractivity (Wildman–Crippen MR) is 36.0 cm³/mol. The maximum Gasteiger partial charge on any atom is 0.445 e. The smallest absolute Gasteiger partial charge is 0.238 e. The van der Waals surface area contributed by atoms with Crippen LogP contribution in [0.3, 0.4) is 0 Å². The van der Waals surface area contributed by atoms with Crippen molar-refractivity contribution in [3.63, 3.8) is 0 Å². The maximum atomic E-state index is 12.5. The Kier molecular flexibility index (Phi) is 5.00. The zero-order valence-electron chi connectivity index (χ0n) is 7.89. The highest BCUT2D eigenvalue weighted by Gasteiger charge is 2.56. The first-order valence-electron chi connectivity index (χ1n) is 3.90. The lowest BCUT2D eigenvalue weighted by atomic mass is 10.1. The molecule has 0 aliphatic heterocycles. The van der Waals surface area contributed by atoms with Gasteiger partial charge in [0.05, 0.1) is 0 Å². The number of alkyl halides is 9. The average Bonchev–Trinajstić information content (AvgIpc) is 2.23. The Bertz CT molecular complexity index is 314. The highest BCUT2D eigenvalue weighted by atomic mass is 19.4. The fourth-order valence-electron chi connectivity index (χ4n) is 0.720. The van der Waals surface area contributed by atoms with Crippen molar-refractivity contribution < 1.29 is 48.3 Å². The van der Waals surface area contributed by atoms with Gasteiger partial charge < -0.3 is 0 Å². The standard InChI is InChI=1S/C7H3F11/c8-1(5(12)13)2(9)6(14,15)3(10)4(11)7(16,17)18/h1-2,5H. The lowest BCUT2D eigenvalue weighted by Gasteiger charge is -2.22. The summed E-state index contributed by atoms with van der Waals surface area (Å²) in [6.07, 6.45) is -19.5. The third kappa shape index (κ3) is 3.48. The molecule has 0 rings (SSSR count). The molecule has 0 saturated carbocycles. The van der Waals surface area contributed by atoms with Crippen LogP contribution in [0.4, 0.5) is 48.3 Å². The van der Waals surface area contributed by atoms with Gasteiger partial charge in [0, 0.05) is 0 Å². The summed E-state index contributed by atoms with van der Waals surface area (Å²) in [6.45, 7) is 0. The van der Waals surface area contributed by atoms with E-state index in [-0.39, 0.29) is 0 Å². The molecule has 0 aromatic rings. The molecule has 2 atom stereocenters. The third-order valence-corrected chi connectivity index (χ3v) is 1.60. The van der Waals surface area contributed by atoms with E-state index in [1.54, 1.807) is 0 Å². The van der Waals surface area contributed by atoms with E-state index in [9.17, 15) is 48.3 Å². The topological polar surface area (TPSA) is 0 Å². The van der Waals surface area contributed by atoms with Crippen molar-refractivity contribution >= 4 is 0 Å². The van der Waals surface area contributed by atoms with E-state index in [1.807, 2.05) is 0 Å². The van der Waals surface area contributed by atoms with Gasteiger partial charge in [-0.15, -0.1) is 0 Å². The number of halogens is 11. The second-order valence-corrected chi connectivity index (χ2v) is 2.93. The Morgan fingerprint density at radius 3 is 1.39 bits per heavy atom. The van der Waals surface area contributed by atoms with E-state index < -0.39 is 42.5 Å². The molecule has 0 spiro atoms. The van der Waals surface area contributed by atoms with Crippen LogP contribution in [0.15, 0.2) is 11.7 Å². The number of hydrogen-bond acceptors (Lipinski definition) is 0. The Hall–Kier alpha value is -1.03. The molecule has 0 radical (unpaired) electrons. The lowest BCUT2D eigenvalue weighted by Crippen LogP contribution is -2.42. The molecule has 0 aromatic heterocycles. The molecule has 0 aliphatic rings. The molecule has 0 N–H and O–H groups in total. The van der Waals surface area contributed by atoms with Crippen molar-refractivity contribution in [2.45, 2.75) is 30.9 Å². The van der Waals surface area contributed by atoms with Crippen molar-refractivity contribution in [2.75, 3.05) is 0 Å². The average molecular weight is 296 g/mol. The van der Waals surface area contributed by atoms with E-state index in [1.165, 1.54) is 0 Å². The van der Waals surface area contributed by atoms with Crippen LogP contribution in [0.25, 0.3) is 0 Å². The lowest BCUT2D eigenvalue weighted by molar-refractivity contribution is -0.136. The van der Waals surface area contributed by atoms with Crippen LogP contribution in [-0.2, 0) is 0 Å². The Morgan fingerprint density at radius 1 is 0.722 bits per heavy atom. The van der Waals surface area contributed by atoms with Gasteiger partial charge in [-0.25, -0.2) is 22.0 Å². The van der Waals surface area contributed by atoms with Crippen molar-refractivity contribution in [3.05, 3.63) is 11.7 Å². The zero-order chi connectivity index (χ0) is 14.9. The molecule has 108 valence electrons. The summed E-state index contributed by atoms with van der Waals surface area (Å²) in [5.41, 5.74) is 0. The minimum absolute atomic E-state index is 3.99. The molecule has 18 heavy (non-hydrogen) atoms. The number of allylic oxidation sites excluding steroid dienone is 2. The van der Waals surface area contributed by atoms with Gasteiger partial charge >= 0.3 is 12.1 Å². The molecule has 0 heterocycles. The summed E-state index contributed by atoms with van der Waals surface area (Å²) in [5.74, 6) is -14.0. The van der Waals surface area contributed by atoms with E-state index >= 15 is 0 Å². The van der Waals surface area contributed by atoms with Crippen molar-refractivity contribution in [3.8, 4) is 0 Å². The maximum absolute atomic E-state index is 12.5. The molecular formula is C7H3F11. The van der Waals surface area contributed by atoms with E-state index in [4.69, 9.17) is 0 Å². The molecule has 11 heteroatoms. The second-order valence-electron chi connectivity index (χ2n) is 2.93. The van der Waals surface area contributed by atoms with Gasteiger partial charge in [0.2, 0.25) is 17.8 Å². The summed E-state index contributed by atoms with van der Waals surface area (Å²) in [7, 11) is 0. The van der Waals surface area contributed by atoms with Crippen LogP contribution in [0.5, 0.6) is 0 Å². The summed E-state index contributed by atoms with van der Waals surface area (Å²) in [5, 5.41) is 0. The van der Waals surface area contributed by atoms with E-state index in [0.29, 0.717) is 0 Å². The van der Waals surface area contributed by atoms with Gasteiger partial charge in [0.15, 0.2) is 6.17 Å². The number of hydrogen-bond donors (Lipinski definition) is 0. The van der Waals surface area contributed by atoms with Crippen LogP contribution in [0, 0.1) is 0 Å². The fourth-order valence-corrected chi connectivity index (χ4v) is 0.720. The Balaban J connectivity index is 5.39. The van der Waals surface area contributed by atoms with Gasteiger partial charge in [-0.05, 0) is 0 Å². The first-order valence-corrected chi connectivity index (χ1v) is 3.90. The molecule has 0 bridgehead atoms. The van der Waals surface area contributed by atoms with Crippen LogP contribution in [0.2, 0.25) is 0 Å². The SMILES string of the molecule is FC(=C(F)C(F)(F)C(F)C(F)C(F)F)C(F)(F)F. The number of rotatable bonds is 4. The molecule has 0 nitrogen and oxygen atoms in total. The van der Waals surface area contributed by atoms with Gasteiger partial charge in [-0.3, -0.25) is 0 Å². The van der Waals surface area contributed by atoms with Gasteiger partial charge in [0.1, 0.15) is 0 Å². The Labute approximate surface area is 92.1 Å². The molecule has 2 unspecified atom stereocenters. The van der Waals surface area contributed by atoms with Crippen LogP contribution >= 0.6 is 0 Å². The largest absolute Gasteiger partial charge is 0.445 e. The summed E-state index contributed by atoms with van der Waals surface area (Å²) in [4.78, 5) is 0. The molecule has 0 aromatic carbocycles. The fraction of sp³-hybridized carbons (Fsp3) is 0.714. The normalized spacial score (nSPS) is 18.7. The first kappa shape index (κ1) is 17.0. The van der Waals surface area contributed by atoms with Crippen molar-refractivity contribution in [2.24, 2.45) is 0 Å². The van der Waals surface area contributed by atoms with Gasteiger partial charge in [-0.2, -0.15) is 26.3 Å². The Morgan fingerprint density at radius 2 is 1.11 bits per heavy atom. The van der Waals surface area contributed by atoms with Crippen molar-refractivity contribution in [1.29, 1.82) is 0 Å².